The third-order valence-corrected chi connectivity index (χ3v) is 2.65. The van der Waals surface area contributed by atoms with E-state index in [4.69, 9.17) is 10.5 Å². The number of methoxy groups -OCH3 is 1. The van der Waals surface area contributed by atoms with Gasteiger partial charge < -0.3 is 10.5 Å². The van der Waals surface area contributed by atoms with E-state index in [0.29, 0.717) is 30.2 Å². The molecule has 1 heterocycles. The van der Waals surface area contributed by atoms with E-state index in [2.05, 4.69) is 15.5 Å². The Kier molecular flexibility index (Phi) is 4.06. The Bertz CT molecular complexity index is 537. The van der Waals surface area contributed by atoms with Gasteiger partial charge in [0.15, 0.2) is 5.82 Å². The van der Waals surface area contributed by atoms with Crippen LogP contribution in [0.2, 0.25) is 0 Å². The Morgan fingerprint density at radius 1 is 1.42 bits per heavy atom. The third kappa shape index (κ3) is 3.25. The molecular formula is C12H16FN5O. The van der Waals surface area contributed by atoms with Gasteiger partial charge in [0.05, 0.1) is 6.61 Å². The van der Waals surface area contributed by atoms with Gasteiger partial charge in [-0.05, 0) is 34.5 Å². The molecule has 0 radical (unpaired) electrons. The lowest BCUT2D eigenvalue weighted by atomic mass is 10.1. The first kappa shape index (κ1) is 13.4. The van der Waals surface area contributed by atoms with Gasteiger partial charge in [0, 0.05) is 24.9 Å². The predicted molar refractivity (Wildman–Crippen MR) is 68.7 cm³/mol. The number of aromatic nitrogens is 4. The highest BCUT2D eigenvalue weighted by Gasteiger charge is 2.13. The van der Waals surface area contributed by atoms with Gasteiger partial charge in [0.2, 0.25) is 0 Å². The molecule has 0 amide bonds. The second-order valence-electron chi connectivity index (χ2n) is 4.52. The van der Waals surface area contributed by atoms with Crippen LogP contribution in [0.3, 0.4) is 0 Å². The molecule has 0 saturated carbocycles. The van der Waals surface area contributed by atoms with Crippen molar-refractivity contribution in [2.75, 3.05) is 19.5 Å². The molecule has 0 aliphatic carbocycles. The lowest BCUT2D eigenvalue weighted by Gasteiger charge is -2.11. The minimum atomic E-state index is -0.408. The van der Waals surface area contributed by atoms with E-state index in [1.54, 1.807) is 17.9 Å². The molecule has 0 saturated heterocycles. The molecular weight excluding hydrogens is 249 g/mol. The molecule has 2 N–H and O–H groups in total. The number of rotatable bonds is 5. The van der Waals surface area contributed by atoms with Crippen molar-refractivity contribution >= 4 is 5.69 Å². The molecule has 1 aromatic carbocycles. The van der Waals surface area contributed by atoms with Crippen LogP contribution < -0.4 is 5.73 Å². The number of ether oxygens (including phenoxy) is 1. The Labute approximate surface area is 110 Å². The van der Waals surface area contributed by atoms with Crippen LogP contribution in [0.1, 0.15) is 6.92 Å². The maximum atomic E-state index is 13.4. The van der Waals surface area contributed by atoms with E-state index in [9.17, 15) is 4.39 Å². The largest absolute Gasteiger partial charge is 0.399 e. The van der Waals surface area contributed by atoms with E-state index >= 15 is 0 Å². The average molecular weight is 265 g/mol. The molecule has 6 nitrogen and oxygen atoms in total. The van der Waals surface area contributed by atoms with Crippen LogP contribution in [-0.4, -0.2) is 33.9 Å². The highest BCUT2D eigenvalue weighted by molar-refractivity contribution is 5.61. The molecule has 0 spiro atoms. The van der Waals surface area contributed by atoms with Crippen LogP contribution in [0.15, 0.2) is 18.2 Å². The van der Waals surface area contributed by atoms with Crippen molar-refractivity contribution < 1.29 is 9.13 Å². The summed E-state index contributed by atoms with van der Waals surface area (Å²) in [5, 5.41) is 11.5. The lowest BCUT2D eigenvalue weighted by Crippen LogP contribution is -2.14. The van der Waals surface area contributed by atoms with E-state index in [1.165, 1.54) is 12.1 Å². The van der Waals surface area contributed by atoms with Crippen LogP contribution >= 0.6 is 0 Å². The van der Waals surface area contributed by atoms with Crippen molar-refractivity contribution in [2.24, 2.45) is 5.92 Å². The number of halogens is 1. The second-order valence-corrected chi connectivity index (χ2v) is 4.52. The molecule has 0 fully saturated rings. The van der Waals surface area contributed by atoms with Crippen molar-refractivity contribution in [3.05, 3.63) is 24.0 Å². The quantitative estimate of drug-likeness (QED) is 0.825. The normalized spacial score (nSPS) is 12.6. The maximum Gasteiger partial charge on any atom is 0.182 e. The summed E-state index contributed by atoms with van der Waals surface area (Å²) in [6, 6.07) is 4.26. The van der Waals surface area contributed by atoms with Crippen molar-refractivity contribution in [1.29, 1.82) is 0 Å². The molecule has 19 heavy (non-hydrogen) atoms. The molecule has 2 rings (SSSR count). The van der Waals surface area contributed by atoms with Gasteiger partial charge in [-0.15, -0.1) is 5.10 Å². The van der Waals surface area contributed by atoms with Crippen LogP contribution in [0.25, 0.3) is 11.4 Å². The number of anilines is 1. The number of hydrogen-bond donors (Lipinski definition) is 1. The van der Waals surface area contributed by atoms with E-state index < -0.39 is 5.82 Å². The Hall–Kier alpha value is -2.02. The van der Waals surface area contributed by atoms with Gasteiger partial charge in [-0.3, -0.25) is 0 Å². The molecule has 2 aromatic rings. The summed E-state index contributed by atoms with van der Waals surface area (Å²) in [7, 11) is 1.64. The minimum absolute atomic E-state index is 0.248. The summed E-state index contributed by atoms with van der Waals surface area (Å²) in [6.45, 7) is 3.21. The van der Waals surface area contributed by atoms with Gasteiger partial charge in [-0.2, -0.15) is 0 Å². The van der Waals surface area contributed by atoms with Gasteiger partial charge >= 0.3 is 0 Å². The first-order valence-electron chi connectivity index (χ1n) is 5.91. The topological polar surface area (TPSA) is 78.8 Å². The summed E-state index contributed by atoms with van der Waals surface area (Å²) in [5.41, 5.74) is 6.53. The monoisotopic (exact) mass is 265 g/mol. The molecule has 1 aromatic heterocycles. The first-order valence-corrected chi connectivity index (χ1v) is 5.91. The van der Waals surface area contributed by atoms with Crippen LogP contribution in [0.4, 0.5) is 10.1 Å². The standard InChI is InChI=1S/C12H16FN5O/c1-8(7-19-2)6-18-12(15-16-17-18)9-3-10(13)5-11(14)4-9/h3-5,8H,6-7,14H2,1-2H3. The van der Waals surface area contributed by atoms with E-state index in [0.717, 1.165) is 0 Å². The minimum Gasteiger partial charge on any atom is -0.399 e. The molecule has 0 bridgehead atoms. The van der Waals surface area contributed by atoms with E-state index in [-0.39, 0.29) is 5.92 Å². The lowest BCUT2D eigenvalue weighted by molar-refractivity contribution is 0.149. The van der Waals surface area contributed by atoms with Gasteiger partial charge in [0.25, 0.3) is 0 Å². The zero-order valence-electron chi connectivity index (χ0n) is 10.9. The number of tetrazole rings is 1. The molecule has 0 aliphatic rings. The van der Waals surface area contributed by atoms with Crippen molar-refractivity contribution in [3.63, 3.8) is 0 Å². The Balaban J connectivity index is 2.28. The van der Waals surface area contributed by atoms with Crippen molar-refractivity contribution in [3.8, 4) is 11.4 Å². The smallest absolute Gasteiger partial charge is 0.182 e. The third-order valence-electron chi connectivity index (χ3n) is 2.65. The van der Waals surface area contributed by atoms with Gasteiger partial charge in [0.1, 0.15) is 5.82 Å². The number of nitrogen functional groups attached to an aromatic ring is 1. The van der Waals surface area contributed by atoms with Crippen molar-refractivity contribution in [1.82, 2.24) is 20.2 Å². The molecule has 1 atom stereocenters. The number of hydrogen-bond acceptors (Lipinski definition) is 5. The SMILES string of the molecule is COCC(C)Cn1nnnc1-c1cc(N)cc(F)c1. The fraction of sp³-hybridized carbons (Fsp3) is 0.417. The average Bonchev–Trinajstić information content (AvgIpc) is 2.76. The fourth-order valence-corrected chi connectivity index (χ4v) is 1.91. The first-order chi connectivity index (χ1) is 9.10. The molecule has 7 heteroatoms. The second kappa shape index (κ2) is 5.75. The molecule has 102 valence electrons. The number of nitrogens with zero attached hydrogens (tertiary/aromatic N) is 4. The highest BCUT2D eigenvalue weighted by atomic mass is 19.1. The van der Waals surface area contributed by atoms with Crippen LogP contribution in [-0.2, 0) is 11.3 Å². The molecule has 0 aliphatic heterocycles. The van der Waals surface area contributed by atoms with Gasteiger partial charge in [-0.1, -0.05) is 6.92 Å². The summed E-state index contributed by atoms with van der Waals surface area (Å²) in [6.07, 6.45) is 0. The van der Waals surface area contributed by atoms with E-state index in [1.807, 2.05) is 6.92 Å². The maximum absolute atomic E-state index is 13.4. The zero-order chi connectivity index (χ0) is 13.8. The fourth-order valence-electron chi connectivity index (χ4n) is 1.91. The summed E-state index contributed by atoms with van der Waals surface area (Å²) in [4.78, 5) is 0. The highest BCUT2D eigenvalue weighted by Crippen LogP contribution is 2.21. The Morgan fingerprint density at radius 3 is 2.89 bits per heavy atom. The molecule has 1 unspecified atom stereocenters. The van der Waals surface area contributed by atoms with Crippen molar-refractivity contribution in [2.45, 2.75) is 13.5 Å². The van der Waals surface area contributed by atoms with Crippen LogP contribution in [0.5, 0.6) is 0 Å². The number of benzene rings is 1. The summed E-state index contributed by atoms with van der Waals surface area (Å²) in [5.74, 6) is 0.335. The van der Waals surface area contributed by atoms with Crippen LogP contribution in [0, 0.1) is 11.7 Å². The summed E-state index contributed by atoms with van der Waals surface area (Å²) < 4.78 is 20.1. The Morgan fingerprint density at radius 2 is 2.21 bits per heavy atom. The number of nitrogens with two attached hydrogens (primary N) is 1. The van der Waals surface area contributed by atoms with Gasteiger partial charge in [-0.25, -0.2) is 9.07 Å². The predicted octanol–water partition coefficient (Wildman–Crippen LogP) is 1.34. The summed E-state index contributed by atoms with van der Waals surface area (Å²) >= 11 is 0. The zero-order valence-corrected chi connectivity index (χ0v) is 10.9.